The van der Waals surface area contributed by atoms with Gasteiger partial charge in [0, 0.05) is 70.3 Å². The summed E-state index contributed by atoms with van der Waals surface area (Å²) >= 11 is 0. The summed E-state index contributed by atoms with van der Waals surface area (Å²) in [6.45, 7) is 7.74. The van der Waals surface area contributed by atoms with E-state index in [0.717, 1.165) is 45.2 Å². The number of halogens is 3. The van der Waals surface area contributed by atoms with Gasteiger partial charge >= 0.3 is 6.18 Å². The summed E-state index contributed by atoms with van der Waals surface area (Å²) in [5.41, 5.74) is 0.160. The predicted octanol–water partition coefficient (Wildman–Crippen LogP) is 4.89. The van der Waals surface area contributed by atoms with E-state index in [1.807, 2.05) is 0 Å². The van der Waals surface area contributed by atoms with E-state index in [9.17, 15) is 28.1 Å². The SMILES string of the molecule is Cc1ccc(N2CCN(CCCC(=O)N3CCC(Oc4ccc([N+](=O)[O-])c(C(F)(F)F)c4)CC3)CC2)cc1. The number of piperidine rings is 1. The van der Waals surface area contributed by atoms with E-state index >= 15 is 0 Å². The molecule has 2 fully saturated rings. The fourth-order valence-electron chi connectivity index (χ4n) is 4.99. The van der Waals surface area contributed by atoms with E-state index in [0.29, 0.717) is 38.4 Å². The van der Waals surface area contributed by atoms with Gasteiger partial charge < -0.3 is 14.5 Å². The molecule has 2 aromatic rings. The number of nitro benzene ring substituents is 1. The Labute approximate surface area is 220 Å². The molecule has 0 radical (unpaired) electrons. The number of amides is 1. The molecule has 0 aliphatic carbocycles. The highest BCUT2D eigenvalue weighted by molar-refractivity contribution is 5.76. The number of carbonyl (C=O) groups is 1. The van der Waals surface area contributed by atoms with Crippen LogP contribution in [-0.4, -0.2) is 72.5 Å². The summed E-state index contributed by atoms with van der Waals surface area (Å²) in [6, 6.07) is 11.2. The van der Waals surface area contributed by atoms with Crippen LogP contribution in [0.1, 0.15) is 36.8 Å². The summed E-state index contributed by atoms with van der Waals surface area (Å²) in [6.07, 6.45) is -2.99. The average Bonchev–Trinajstić information content (AvgIpc) is 2.89. The van der Waals surface area contributed by atoms with Crippen molar-refractivity contribution in [2.24, 2.45) is 0 Å². The van der Waals surface area contributed by atoms with E-state index in [1.54, 1.807) is 4.90 Å². The third kappa shape index (κ3) is 7.15. The maximum Gasteiger partial charge on any atom is 0.423 e. The van der Waals surface area contributed by atoms with Gasteiger partial charge in [-0.15, -0.1) is 0 Å². The number of benzene rings is 2. The van der Waals surface area contributed by atoms with Crippen molar-refractivity contribution in [3.8, 4) is 5.75 Å². The van der Waals surface area contributed by atoms with Crippen LogP contribution in [0.25, 0.3) is 0 Å². The molecule has 8 nitrogen and oxygen atoms in total. The van der Waals surface area contributed by atoms with E-state index in [1.165, 1.54) is 17.3 Å². The number of carbonyl (C=O) groups excluding carboxylic acids is 1. The maximum atomic E-state index is 13.2. The highest BCUT2D eigenvalue weighted by atomic mass is 19.4. The zero-order chi connectivity index (χ0) is 27.3. The van der Waals surface area contributed by atoms with E-state index in [2.05, 4.69) is 41.0 Å². The number of alkyl halides is 3. The van der Waals surface area contributed by atoms with Gasteiger partial charge in [-0.1, -0.05) is 17.7 Å². The van der Waals surface area contributed by atoms with Crippen LogP contribution >= 0.6 is 0 Å². The van der Waals surface area contributed by atoms with Crippen LogP contribution in [0, 0.1) is 17.0 Å². The zero-order valence-corrected chi connectivity index (χ0v) is 21.5. The van der Waals surface area contributed by atoms with Crippen LogP contribution in [-0.2, 0) is 11.0 Å². The Bertz CT molecular complexity index is 1110. The third-order valence-electron chi connectivity index (χ3n) is 7.20. The molecule has 206 valence electrons. The normalized spacial score (nSPS) is 17.5. The topological polar surface area (TPSA) is 79.2 Å². The van der Waals surface area contributed by atoms with E-state index in [-0.39, 0.29) is 17.8 Å². The lowest BCUT2D eigenvalue weighted by molar-refractivity contribution is -0.388. The Morgan fingerprint density at radius 1 is 1.03 bits per heavy atom. The minimum atomic E-state index is -4.85. The summed E-state index contributed by atoms with van der Waals surface area (Å²) in [4.78, 5) is 29.1. The average molecular weight is 535 g/mol. The minimum absolute atomic E-state index is 0.0600. The number of aryl methyl sites for hydroxylation is 1. The molecule has 2 saturated heterocycles. The van der Waals surface area contributed by atoms with Crippen molar-refractivity contribution < 1.29 is 27.6 Å². The molecule has 0 unspecified atom stereocenters. The lowest BCUT2D eigenvalue weighted by atomic mass is 10.1. The molecule has 0 N–H and O–H groups in total. The number of nitro groups is 1. The molecule has 38 heavy (non-hydrogen) atoms. The van der Waals surface area contributed by atoms with Crippen molar-refractivity contribution in [2.75, 3.05) is 50.7 Å². The van der Waals surface area contributed by atoms with Gasteiger partial charge in [0.05, 0.1) is 4.92 Å². The second-order valence-electron chi connectivity index (χ2n) is 9.90. The zero-order valence-electron chi connectivity index (χ0n) is 21.5. The van der Waals surface area contributed by atoms with Gasteiger partial charge in [0.15, 0.2) is 0 Å². The second-order valence-corrected chi connectivity index (χ2v) is 9.90. The largest absolute Gasteiger partial charge is 0.490 e. The fourth-order valence-corrected chi connectivity index (χ4v) is 4.99. The first-order valence-electron chi connectivity index (χ1n) is 12.9. The van der Waals surface area contributed by atoms with Gasteiger partial charge in [0.1, 0.15) is 17.4 Å². The van der Waals surface area contributed by atoms with Crippen molar-refractivity contribution in [3.63, 3.8) is 0 Å². The number of hydrogen-bond acceptors (Lipinski definition) is 6. The van der Waals surface area contributed by atoms with E-state index in [4.69, 9.17) is 4.74 Å². The number of ether oxygens (including phenoxy) is 1. The molecule has 0 spiro atoms. The summed E-state index contributed by atoms with van der Waals surface area (Å²) in [7, 11) is 0. The number of rotatable bonds is 8. The molecule has 2 heterocycles. The van der Waals surface area contributed by atoms with Gasteiger partial charge in [0.2, 0.25) is 5.91 Å². The second kappa shape index (κ2) is 12.0. The van der Waals surface area contributed by atoms with Crippen LogP contribution in [0.3, 0.4) is 0 Å². The van der Waals surface area contributed by atoms with Crippen molar-refractivity contribution >= 4 is 17.3 Å². The molecule has 0 atom stereocenters. The molecule has 2 aromatic carbocycles. The molecular weight excluding hydrogens is 501 g/mol. The Morgan fingerprint density at radius 3 is 2.29 bits per heavy atom. The van der Waals surface area contributed by atoms with E-state index < -0.39 is 22.4 Å². The van der Waals surface area contributed by atoms with Gasteiger partial charge in [-0.2, -0.15) is 13.2 Å². The standard InChI is InChI=1S/C27H33F3N4O4/c1-20-4-6-21(7-5-20)32-17-15-31(16-18-32)12-2-3-26(35)33-13-10-22(11-14-33)38-23-8-9-25(34(36)37)24(19-23)27(28,29)30/h4-9,19,22H,2-3,10-18H2,1H3. The first-order valence-corrected chi connectivity index (χ1v) is 12.9. The van der Waals surface area contributed by atoms with Crippen LogP contribution in [0.4, 0.5) is 24.5 Å². The molecule has 0 saturated carbocycles. The van der Waals surface area contributed by atoms with Gasteiger partial charge in [-0.25, -0.2) is 0 Å². The summed E-state index contributed by atoms with van der Waals surface area (Å²) < 4.78 is 45.3. The Hall–Kier alpha value is -3.34. The molecular formula is C27H33F3N4O4. The minimum Gasteiger partial charge on any atom is -0.490 e. The van der Waals surface area contributed by atoms with Crippen molar-refractivity contribution in [3.05, 3.63) is 63.7 Å². The molecule has 4 rings (SSSR count). The number of likely N-dealkylation sites (tertiary alicyclic amines) is 1. The highest BCUT2D eigenvalue weighted by Crippen LogP contribution is 2.38. The summed E-state index contributed by atoms with van der Waals surface area (Å²) in [5, 5.41) is 10.9. The Balaban J connectivity index is 1.17. The number of nitrogens with zero attached hydrogens (tertiary/aromatic N) is 4. The number of hydrogen-bond donors (Lipinski definition) is 0. The summed E-state index contributed by atoms with van der Waals surface area (Å²) in [5.74, 6) is 0.0200. The maximum absolute atomic E-state index is 13.2. The molecule has 11 heteroatoms. The fraction of sp³-hybridized carbons (Fsp3) is 0.519. The van der Waals surface area contributed by atoms with Crippen molar-refractivity contribution in [1.29, 1.82) is 0 Å². The predicted molar refractivity (Wildman–Crippen MR) is 137 cm³/mol. The van der Waals surface area contributed by atoms with Crippen LogP contribution < -0.4 is 9.64 Å². The molecule has 1 amide bonds. The lowest BCUT2D eigenvalue weighted by Gasteiger charge is -2.36. The van der Waals surface area contributed by atoms with Gasteiger partial charge in [0.25, 0.3) is 5.69 Å². The number of anilines is 1. The van der Waals surface area contributed by atoms with Crippen LogP contribution in [0.2, 0.25) is 0 Å². The molecule has 0 aromatic heterocycles. The smallest absolute Gasteiger partial charge is 0.423 e. The van der Waals surface area contributed by atoms with Gasteiger partial charge in [-0.3, -0.25) is 19.8 Å². The third-order valence-corrected chi connectivity index (χ3v) is 7.20. The Morgan fingerprint density at radius 2 is 1.68 bits per heavy atom. The quantitative estimate of drug-likeness (QED) is 0.354. The van der Waals surface area contributed by atoms with Gasteiger partial charge in [-0.05, 0) is 44.2 Å². The number of piperazine rings is 1. The van der Waals surface area contributed by atoms with Crippen LogP contribution in [0.15, 0.2) is 42.5 Å². The Kier molecular flexibility index (Phi) is 8.76. The van der Waals surface area contributed by atoms with Crippen molar-refractivity contribution in [1.82, 2.24) is 9.80 Å². The highest BCUT2D eigenvalue weighted by Gasteiger charge is 2.39. The molecule has 2 aliphatic rings. The monoisotopic (exact) mass is 534 g/mol. The van der Waals surface area contributed by atoms with Crippen LogP contribution in [0.5, 0.6) is 5.75 Å². The van der Waals surface area contributed by atoms with Crippen molar-refractivity contribution in [2.45, 2.75) is 44.9 Å². The molecule has 2 aliphatic heterocycles. The first-order chi connectivity index (χ1) is 18.1. The lowest BCUT2D eigenvalue weighted by Crippen LogP contribution is -2.47. The molecule has 0 bridgehead atoms. The first kappa shape index (κ1) is 27.7.